The van der Waals surface area contributed by atoms with Crippen LogP contribution in [0.4, 0.5) is 9.52 Å². The molecule has 3 aromatic rings. The van der Waals surface area contributed by atoms with Gasteiger partial charge in [0.05, 0.1) is 23.4 Å². The second-order valence-corrected chi connectivity index (χ2v) is 8.99. The fourth-order valence-corrected chi connectivity index (χ4v) is 4.95. The minimum absolute atomic E-state index is 0. The maximum Gasteiger partial charge on any atom is 0.260 e. The number of thiazole rings is 1. The van der Waals surface area contributed by atoms with E-state index in [0.717, 1.165) is 48.9 Å². The first-order valence-corrected chi connectivity index (χ1v) is 12.0. The van der Waals surface area contributed by atoms with Gasteiger partial charge in [0, 0.05) is 36.6 Å². The Hall–Kier alpha value is -1.71. The number of hydrogen-bond acceptors (Lipinski definition) is 6. The summed E-state index contributed by atoms with van der Waals surface area (Å²) in [5.41, 5.74) is 1.35. The lowest BCUT2D eigenvalue weighted by Crippen LogP contribution is -2.39. The summed E-state index contributed by atoms with van der Waals surface area (Å²) >= 11 is 2.96. The highest BCUT2D eigenvalue weighted by atomic mass is 35.5. The van der Waals surface area contributed by atoms with E-state index in [1.807, 2.05) is 30.5 Å². The lowest BCUT2D eigenvalue weighted by molar-refractivity contribution is 0.0376. The minimum atomic E-state index is -0.296. The second-order valence-electron chi connectivity index (χ2n) is 7.10. The van der Waals surface area contributed by atoms with Gasteiger partial charge in [0.1, 0.15) is 5.82 Å². The number of halogens is 2. The molecule has 1 aliphatic rings. The van der Waals surface area contributed by atoms with Crippen LogP contribution in [0.2, 0.25) is 0 Å². The van der Waals surface area contributed by atoms with Crippen LogP contribution in [0.15, 0.2) is 47.4 Å². The van der Waals surface area contributed by atoms with Gasteiger partial charge >= 0.3 is 0 Å². The molecule has 31 heavy (non-hydrogen) atoms. The Balaban J connectivity index is 0.00000272. The van der Waals surface area contributed by atoms with E-state index in [0.29, 0.717) is 22.8 Å². The number of thioether (sulfide) groups is 1. The fraction of sp³-hybridized carbons (Fsp3) is 0.364. The van der Waals surface area contributed by atoms with Crippen molar-refractivity contribution in [1.82, 2.24) is 9.88 Å². The molecule has 2 aromatic carbocycles. The van der Waals surface area contributed by atoms with Crippen LogP contribution >= 0.6 is 35.5 Å². The molecule has 1 amide bonds. The molecule has 9 heteroatoms. The highest BCUT2D eigenvalue weighted by Crippen LogP contribution is 2.31. The molecule has 0 unspecified atom stereocenters. The van der Waals surface area contributed by atoms with Crippen molar-refractivity contribution in [3.8, 4) is 0 Å². The molecule has 0 bridgehead atoms. The van der Waals surface area contributed by atoms with Crippen LogP contribution in [0.25, 0.3) is 10.2 Å². The third-order valence-electron chi connectivity index (χ3n) is 5.09. The van der Waals surface area contributed by atoms with Gasteiger partial charge in [-0.15, -0.1) is 24.2 Å². The van der Waals surface area contributed by atoms with E-state index in [-0.39, 0.29) is 24.1 Å². The van der Waals surface area contributed by atoms with Crippen molar-refractivity contribution in [3.05, 3.63) is 53.8 Å². The van der Waals surface area contributed by atoms with Crippen LogP contribution in [0.5, 0.6) is 0 Å². The van der Waals surface area contributed by atoms with Crippen molar-refractivity contribution in [1.29, 1.82) is 0 Å². The van der Waals surface area contributed by atoms with Gasteiger partial charge in [-0.25, -0.2) is 9.37 Å². The third-order valence-corrected chi connectivity index (χ3v) is 6.86. The number of rotatable bonds is 7. The molecule has 0 radical (unpaired) electrons. The SMILES string of the molecule is CSc1cccc(C(=O)N(CCCN2CCOCC2)c2nc3ccc(F)cc3s2)c1.Cl. The smallest absolute Gasteiger partial charge is 0.260 e. The number of aromatic nitrogens is 1. The summed E-state index contributed by atoms with van der Waals surface area (Å²) in [6.07, 6.45) is 2.82. The Morgan fingerprint density at radius 2 is 2.06 bits per heavy atom. The standard InChI is InChI=1S/C22H24FN3O2S2.ClH/c1-29-18-5-2-4-16(14-18)21(27)26(9-3-8-25-10-12-28-13-11-25)22-24-19-7-6-17(23)15-20(19)30-22;/h2,4-7,14-15H,3,8-13H2,1H3;1H. The Bertz CT molecular complexity index is 1030. The molecule has 0 atom stereocenters. The van der Waals surface area contributed by atoms with Crippen molar-refractivity contribution in [3.63, 3.8) is 0 Å². The quantitative estimate of drug-likeness (QED) is 0.447. The molecule has 2 heterocycles. The van der Waals surface area contributed by atoms with Crippen molar-refractivity contribution in [2.24, 2.45) is 0 Å². The summed E-state index contributed by atoms with van der Waals surface area (Å²) < 4.78 is 19.8. The number of amides is 1. The normalized spacial score (nSPS) is 14.4. The van der Waals surface area contributed by atoms with E-state index >= 15 is 0 Å². The lowest BCUT2D eigenvalue weighted by Gasteiger charge is -2.27. The maximum atomic E-state index is 13.6. The van der Waals surface area contributed by atoms with Gasteiger partial charge in [-0.3, -0.25) is 14.6 Å². The predicted octanol–water partition coefficient (Wildman–Crippen LogP) is 4.95. The average molecular weight is 482 g/mol. The van der Waals surface area contributed by atoms with Crippen LogP contribution in [0.3, 0.4) is 0 Å². The Morgan fingerprint density at radius 3 is 2.84 bits per heavy atom. The van der Waals surface area contributed by atoms with Crippen molar-refractivity contribution >= 4 is 56.8 Å². The Kier molecular flexibility index (Phi) is 8.68. The molecule has 1 saturated heterocycles. The first kappa shape index (κ1) is 23.9. The van der Waals surface area contributed by atoms with Crippen LogP contribution in [-0.4, -0.2) is 61.4 Å². The number of morpholine rings is 1. The number of hydrogen-bond donors (Lipinski definition) is 0. The zero-order chi connectivity index (χ0) is 20.9. The van der Waals surface area contributed by atoms with Gasteiger partial charge in [0.2, 0.25) is 0 Å². The van der Waals surface area contributed by atoms with Gasteiger partial charge in [0.25, 0.3) is 5.91 Å². The molecule has 1 fully saturated rings. The molecule has 0 aliphatic carbocycles. The van der Waals surface area contributed by atoms with Crippen LogP contribution in [-0.2, 0) is 4.74 Å². The highest BCUT2D eigenvalue weighted by Gasteiger charge is 2.22. The first-order valence-electron chi connectivity index (χ1n) is 9.96. The number of carbonyl (C=O) groups excluding carboxylic acids is 1. The summed E-state index contributed by atoms with van der Waals surface area (Å²) in [7, 11) is 0. The highest BCUT2D eigenvalue weighted by molar-refractivity contribution is 7.98. The van der Waals surface area contributed by atoms with E-state index in [2.05, 4.69) is 9.88 Å². The fourth-order valence-electron chi connectivity index (χ4n) is 3.47. The van der Waals surface area contributed by atoms with E-state index in [1.54, 1.807) is 22.7 Å². The molecule has 5 nitrogen and oxygen atoms in total. The average Bonchev–Trinajstić information content (AvgIpc) is 3.19. The number of carbonyl (C=O) groups is 1. The van der Waals surface area contributed by atoms with E-state index in [4.69, 9.17) is 4.74 Å². The predicted molar refractivity (Wildman–Crippen MR) is 129 cm³/mol. The Labute approximate surface area is 196 Å². The summed E-state index contributed by atoms with van der Waals surface area (Å²) in [5, 5.41) is 0.608. The zero-order valence-electron chi connectivity index (χ0n) is 17.3. The number of ether oxygens (including phenoxy) is 1. The monoisotopic (exact) mass is 481 g/mol. The summed E-state index contributed by atoms with van der Waals surface area (Å²) in [6, 6.07) is 12.2. The topological polar surface area (TPSA) is 45.7 Å². The van der Waals surface area contributed by atoms with Gasteiger partial charge in [-0.05, 0) is 49.1 Å². The Morgan fingerprint density at radius 1 is 1.26 bits per heavy atom. The molecule has 1 aliphatic heterocycles. The molecule has 4 rings (SSSR count). The molecule has 0 saturated carbocycles. The van der Waals surface area contributed by atoms with Gasteiger partial charge in [-0.1, -0.05) is 17.4 Å². The van der Waals surface area contributed by atoms with Crippen molar-refractivity contribution in [2.45, 2.75) is 11.3 Å². The third kappa shape index (κ3) is 5.96. The minimum Gasteiger partial charge on any atom is -0.379 e. The summed E-state index contributed by atoms with van der Waals surface area (Å²) in [6.45, 7) is 4.81. The molecular weight excluding hydrogens is 457 g/mol. The number of nitrogens with zero attached hydrogens (tertiary/aromatic N) is 3. The van der Waals surface area contributed by atoms with Crippen LogP contribution in [0.1, 0.15) is 16.8 Å². The zero-order valence-corrected chi connectivity index (χ0v) is 19.7. The first-order chi connectivity index (χ1) is 14.6. The molecule has 0 spiro atoms. The van der Waals surface area contributed by atoms with Gasteiger partial charge in [0.15, 0.2) is 5.13 Å². The molecule has 1 aromatic heterocycles. The number of anilines is 1. The van der Waals surface area contributed by atoms with E-state index in [1.165, 1.54) is 23.5 Å². The van der Waals surface area contributed by atoms with Gasteiger partial charge in [-0.2, -0.15) is 0 Å². The van der Waals surface area contributed by atoms with Crippen molar-refractivity contribution < 1.29 is 13.9 Å². The summed E-state index contributed by atoms with van der Waals surface area (Å²) in [5.74, 6) is -0.372. The van der Waals surface area contributed by atoms with Crippen molar-refractivity contribution in [2.75, 3.05) is 50.5 Å². The second kappa shape index (κ2) is 11.2. The molecule has 0 N–H and O–H groups in total. The van der Waals surface area contributed by atoms with Crippen LogP contribution < -0.4 is 4.90 Å². The van der Waals surface area contributed by atoms with Crippen LogP contribution in [0, 0.1) is 5.82 Å². The summed E-state index contributed by atoms with van der Waals surface area (Å²) in [4.78, 5) is 23.2. The molecule has 166 valence electrons. The maximum absolute atomic E-state index is 13.6. The number of benzene rings is 2. The van der Waals surface area contributed by atoms with E-state index in [9.17, 15) is 9.18 Å². The molecular formula is C22H25ClFN3O2S2. The number of fused-ring (bicyclic) bond motifs is 1. The largest absolute Gasteiger partial charge is 0.379 e. The van der Waals surface area contributed by atoms with E-state index < -0.39 is 0 Å². The lowest BCUT2D eigenvalue weighted by atomic mass is 10.2. The van der Waals surface area contributed by atoms with Gasteiger partial charge < -0.3 is 4.74 Å².